The highest BCUT2D eigenvalue weighted by Crippen LogP contribution is 2.05. The van der Waals surface area contributed by atoms with Crippen molar-refractivity contribution in [1.29, 1.82) is 0 Å². The summed E-state index contributed by atoms with van der Waals surface area (Å²) in [6.07, 6.45) is 0.436. The number of carboxylic acid groups (broad SMARTS) is 2. The van der Waals surface area contributed by atoms with Crippen LogP contribution in [0.1, 0.15) is 11.1 Å². The Balaban J connectivity index is 0.000000260. The van der Waals surface area contributed by atoms with Gasteiger partial charge in [-0.1, -0.05) is 24.3 Å². The first-order chi connectivity index (χ1) is 12.2. The Hall–Kier alpha value is -2.84. The van der Waals surface area contributed by atoms with Gasteiger partial charge in [0.1, 0.15) is 23.7 Å². The zero-order valence-electron chi connectivity index (χ0n) is 13.8. The highest BCUT2D eigenvalue weighted by molar-refractivity contribution is 5.73. The zero-order chi connectivity index (χ0) is 19.7. The summed E-state index contributed by atoms with van der Waals surface area (Å²) in [7, 11) is 0. The molecular formula is C18H20F2N2O4. The molecule has 6 nitrogen and oxygen atoms in total. The van der Waals surface area contributed by atoms with Gasteiger partial charge < -0.3 is 21.7 Å². The lowest BCUT2D eigenvalue weighted by molar-refractivity contribution is -0.139. The predicted molar refractivity (Wildman–Crippen MR) is 91.4 cm³/mol. The number of hydrogen-bond acceptors (Lipinski definition) is 4. The number of rotatable bonds is 6. The summed E-state index contributed by atoms with van der Waals surface area (Å²) in [5.41, 5.74) is 12.0. The Morgan fingerprint density at radius 2 is 1.00 bits per heavy atom. The van der Waals surface area contributed by atoms with Crippen molar-refractivity contribution in [3.63, 3.8) is 0 Å². The van der Waals surface area contributed by atoms with E-state index in [1.54, 1.807) is 0 Å². The van der Waals surface area contributed by atoms with Gasteiger partial charge >= 0.3 is 11.9 Å². The summed E-state index contributed by atoms with van der Waals surface area (Å²) < 4.78 is 24.9. The maximum atomic E-state index is 12.4. The van der Waals surface area contributed by atoms with E-state index >= 15 is 0 Å². The van der Waals surface area contributed by atoms with Crippen molar-refractivity contribution in [2.24, 2.45) is 11.5 Å². The molecule has 0 aliphatic rings. The van der Waals surface area contributed by atoms with Gasteiger partial charge in [-0.25, -0.2) is 8.78 Å². The van der Waals surface area contributed by atoms with Crippen LogP contribution < -0.4 is 11.5 Å². The van der Waals surface area contributed by atoms with Crippen LogP contribution in [-0.4, -0.2) is 34.2 Å². The lowest BCUT2D eigenvalue weighted by Crippen LogP contribution is -2.32. The summed E-state index contributed by atoms with van der Waals surface area (Å²) in [4.78, 5) is 20.7. The van der Waals surface area contributed by atoms with Crippen molar-refractivity contribution in [2.75, 3.05) is 0 Å². The Morgan fingerprint density at radius 3 is 1.23 bits per heavy atom. The number of carbonyl (C=O) groups is 2. The Bertz CT molecular complexity index is 657. The van der Waals surface area contributed by atoms with Crippen molar-refractivity contribution in [1.82, 2.24) is 0 Å². The minimum Gasteiger partial charge on any atom is -0.480 e. The van der Waals surface area contributed by atoms with E-state index in [2.05, 4.69) is 0 Å². The second-order valence-electron chi connectivity index (χ2n) is 5.55. The molecule has 0 aliphatic carbocycles. The number of carboxylic acids is 2. The Labute approximate surface area is 149 Å². The molecule has 8 heteroatoms. The van der Waals surface area contributed by atoms with Gasteiger partial charge in [0.25, 0.3) is 0 Å². The average Bonchev–Trinajstić information content (AvgIpc) is 2.59. The molecule has 0 heterocycles. The van der Waals surface area contributed by atoms with Crippen molar-refractivity contribution < 1.29 is 28.6 Å². The van der Waals surface area contributed by atoms with E-state index in [1.165, 1.54) is 48.5 Å². The van der Waals surface area contributed by atoms with Crippen LogP contribution in [0.3, 0.4) is 0 Å². The monoisotopic (exact) mass is 366 g/mol. The number of aliphatic carboxylic acids is 2. The lowest BCUT2D eigenvalue weighted by Gasteiger charge is -2.05. The lowest BCUT2D eigenvalue weighted by atomic mass is 10.1. The molecule has 0 aliphatic heterocycles. The second kappa shape index (κ2) is 10.2. The molecular weight excluding hydrogens is 346 g/mol. The first-order valence-electron chi connectivity index (χ1n) is 7.64. The minimum absolute atomic E-state index is 0.218. The fraction of sp³-hybridized carbons (Fsp3) is 0.222. The second-order valence-corrected chi connectivity index (χ2v) is 5.55. The van der Waals surface area contributed by atoms with E-state index in [-0.39, 0.29) is 24.5 Å². The predicted octanol–water partition coefficient (Wildman–Crippen LogP) is 1.56. The van der Waals surface area contributed by atoms with E-state index in [9.17, 15) is 18.4 Å². The summed E-state index contributed by atoms with van der Waals surface area (Å²) in [6, 6.07) is 9.38. The fourth-order valence-corrected chi connectivity index (χ4v) is 1.92. The summed E-state index contributed by atoms with van der Waals surface area (Å²) in [5, 5.41) is 17.0. The summed E-state index contributed by atoms with van der Waals surface area (Å²) >= 11 is 0. The van der Waals surface area contributed by atoms with Crippen LogP contribution >= 0.6 is 0 Å². The molecule has 2 aromatic carbocycles. The zero-order valence-corrected chi connectivity index (χ0v) is 13.8. The molecule has 0 saturated carbocycles. The first kappa shape index (κ1) is 21.2. The third-order valence-electron chi connectivity index (χ3n) is 3.37. The number of nitrogens with two attached hydrogens (primary N) is 2. The summed E-state index contributed by atoms with van der Waals surface area (Å²) in [6.45, 7) is 0. The van der Waals surface area contributed by atoms with Crippen LogP contribution in [0.5, 0.6) is 0 Å². The number of benzene rings is 2. The van der Waals surface area contributed by atoms with Gasteiger partial charge in [0.05, 0.1) is 0 Å². The topological polar surface area (TPSA) is 127 Å². The van der Waals surface area contributed by atoms with Gasteiger partial charge in [0.2, 0.25) is 0 Å². The van der Waals surface area contributed by atoms with E-state index in [0.717, 1.165) is 11.1 Å². The van der Waals surface area contributed by atoms with Crippen LogP contribution in [0.25, 0.3) is 0 Å². The fourth-order valence-electron chi connectivity index (χ4n) is 1.92. The van der Waals surface area contributed by atoms with Crippen LogP contribution in [-0.2, 0) is 22.4 Å². The molecule has 0 amide bonds. The largest absolute Gasteiger partial charge is 0.480 e. The molecule has 0 spiro atoms. The van der Waals surface area contributed by atoms with Gasteiger partial charge in [-0.3, -0.25) is 9.59 Å². The van der Waals surface area contributed by atoms with Crippen LogP contribution in [0.15, 0.2) is 48.5 Å². The molecule has 2 atom stereocenters. The third kappa shape index (κ3) is 7.82. The van der Waals surface area contributed by atoms with Gasteiger partial charge in [0, 0.05) is 0 Å². The molecule has 0 bridgehead atoms. The molecule has 6 N–H and O–H groups in total. The molecule has 26 heavy (non-hydrogen) atoms. The Morgan fingerprint density at radius 1 is 0.731 bits per heavy atom. The first-order valence-corrected chi connectivity index (χ1v) is 7.64. The SMILES string of the molecule is NC(Cc1ccc(F)cc1)C(=O)O.NC(Cc1ccc(F)cc1)C(=O)O. The molecule has 0 aromatic heterocycles. The maximum absolute atomic E-state index is 12.4. The van der Waals surface area contributed by atoms with Gasteiger partial charge in [-0.15, -0.1) is 0 Å². The minimum atomic E-state index is -1.05. The van der Waals surface area contributed by atoms with E-state index in [4.69, 9.17) is 21.7 Å². The molecule has 0 radical (unpaired) electrons. The molecule has 0 fully saturated rings. The van der Waals surface area contributed by atoms with E-state index in [0.29, 0.717) is 0 Å². The Kier molecular flexibility index (Phi) is 8.33. The van der Waals surface area contributed by atoms with E-state index in [1.807, 2.05) is 0 Å². The molecule has 140 valence electrons. The molecule has 2 rings (SSSR count). The van der Waals surface area contributed by atoms with Crippen molar-refractivity contribution >= 4 is 11.9 Å². The smallest absolute Gasteiger partial charge is 0.320 e. The normalized spacial score (nSPS) is 12.5. The standard InChI is InChI=1S/2C9H10FNO2/c2*10-7-3-1-6(2-4-7)5-8(11)9(12)13/h2*1-4,8H,5,11H2,(H,12,13). The maximum Gasteiger partial charge on any atom is 0.320 e. The van der Waals surface area contributed by atoms with Crippen LogP contribution in [0.2, 0.25) is 0 Å². The quantitative estimate of drug-likeness (QED) is 0.614. The highest BCUT2D eigenvalue weighted by atomic mass is 19.1. The van der Waals surface area contributed by atoms with Crippen LogP contribution in [0, 0.1) is 11.6 Å². The van der Waals surface area contributed by atoms with E-state index < -0.39 is 24.0 Å². The molecule has 0 saturated heterocycles. The van der Waals surface area contributed by atoms with Gasteiger partial charge in [-0.2, -0.15) is 0 Å². The molecule has 2 unspecified atom stereocenters. The number of hydrogen-bond donors (Lipinski definition) is 4. The van der Waals surface area contributed by atoms with Crippen molar-refractivity contribution in [3.05, 3.63) is 71.3 Å². The van der Waals surface area contributed by atoms with Gasteiger partial charge in [0.15, 0.2) is 0 Å². The van der Waals surface area contributed by atoms with Crippen LogP contribution in [0.4, 0.5) is 8.78 Å². The summed E-state index contributed by atoms with van der Waals surface area (Å²) in [5.74, 6) is -2.78. The van der Waals surface area contributed by atoms with Gasteiger partial charge in [-0.05, 0) is 48.2 Å². The average molecular weight is 366 g/mol. The van der Waals surface area contributed by atoms with Crippen molar-refractivity contribution in [3.8, 4) is 0 Å². The third-order valence-corrected chi connectivity index (χ3v) is 3.37. The highest BCUT2D eigenvalue weighted by Gasteiger charge is 2.12. The van der Waals surface area contributed by atoms with Crippen molar-refractivity contribution in [2.45, 2.75) is 24.9 Å². The number of halogens is 2. The molecule has 2 aromatic rings.